The fourth-order valence-corrected chi connectivity index (χ4v) is 2.39. The summed E-state index contributed by atoms with van der Waals surface area (Å²) in [6, 6.07) is 14.3. The second-order valence-electron chi connectivity index (χ2n) is 6.43. The first-order valence-corrected chi connectivity index (χ1v) is 9.16. The number of rotatable bonds is 9. The Hall–Kier alpha value is -3.02. The Morgan fingerprint density at radius 2 is 1.78 bits per heavy atom. The lowest BCUT2D eigenvalue weighted by Crippen LogP contribution is -2.24. The molecular weight excluding hydrogens is 342 g/mol. The van der Waals surface area contributed by atoms with Crippen molar-refractivity contribution in [1.82, 2.24) is 5.32 Å². The van der Waals surface area contributed by atoms with E-state index in [1.807, 2.05) is 45.0 Å². The highest BCUT2D eigenvalue weighted by molar-refractivity contribution is 5.98. The molecule has 27 heavy (non-hydrogen) atoms. The van der Waals surface area contributed by atoms with Crippen molar-refractivity contribution in [3.8, 4) is 5.75 Å². The summed E-state index contributed by atoms with van der Waals surface area (Å²) in [7, 11) is 0. The van der Waals surface area contributed by atoms with E-state index in [4.69, 9.17) is 4.74 Å². The molecule has 0 bridgehead atoms. The average Bonchev–Trinajstić information content (AvgIpc) is 2.65. The normalized spacial score (nSPS) is 10.4. The van der Waals surface area contributed by atoms with Gasteiger partial charge in [-0.25, -0.2) is 0 Å². The van der Waals surface area contributed by atoms with Gasteiger partial charge >= 0.3 is 0 Å². The highest BCUT2D eigenvalue weighted by atomic mass is 16.5. The highest BCUT2D eigenvalue weighted by Crippen LogP contribution is 2.17. The predicted molar refractivity (Wildman–Crippen MR) is 108 cm³/mol. The molecule has 6 nitrogen and oxygen atoms in total. The first-order chi connectivity index (χ1) is 13.0. The summed E-state index contributed by atoms with van der Waals surface area (Å²) in [5.74, 6) is 0.455. The van der Waals surface area contributed by atoms with Crippen LogP contribution in [0.25, 0.3) is 0 Å². The maximum Gasteiger partial charge on any atom is 0.251 e. The topological polar surface area (TPSA) is 79.5 Å². The van der Waals surface area contributed by atoms with E-state index in [0.29, 0.717) is 17.8 Å². The van der Waals surface area contributed by atoms with Crippen molar-refractivity contribution in [2.75, 3.05) is 23.7 Å². The fourth-order valence-electron chi connectivity index (χ4n) is 2.39. The number of amides is 2. The Labute approximate surface area is 160 Å². The van der Waals surface area contributed by atoms with Gasteiger partial charge in [-0.15, -0.1) is 0 Å². The average molecular weight is 369 g/mol. The lowest BCUT2D eigenvalue weighted by atomic mass is 10.2. The van der Waals surface area contributed by atoms with Gasteiger partial charge in [-0.1, -0.05) is 13.0 Å². The van der Waals surface area contributed by atoms with Gasteiger partial charge in [0.25, 0.3) is 5.91 Å². The molecule has 2 amide bonds. The van der Waals surface area contributed by atoms with Crippen molar-refractivity contribution in [2.45, 2.75) is 33.3 Å². The van der Waals surface area contributed by atoms with Crippen LogP contribution in [0.3, 0.4) is 0 Å². The first kappa shape index (κ1) is 20.3. The smallest absolute Gasteiger partial charge is 0.251 e. The molecule has 0 atom stereocenters. The van der Waals surface area contributed by atoms with Crippen molar-refractivity contribution in [1.29, 1.82) is 0 Å². The Morgan fingerprint density at radius 1 is 1.04 bits per heavy atom. The number of carbonyl (C=O) groups is 2. The van der Waals surface area contributed by atoms with Gasteiger partial charge in [-0.3, -0.25) is 9.59 Å². The van der Waals surface area contributed by atoms with Crippen LogP contribution in [0.15, 0.2) is 48.5 Å². The van der Waals surface area contributed by atoms with E-state index < -0.39 is 0 Å². The third-order valence-electron chi connectivity index (χ3n) is 3.62. The lowest BCUT2D eigenvalue weighted by molar-refractivity contribution is -0.114. The molecule has 0 heterocycles. The van der Waals surface area contributed by atoms with E-state index >= 15 is 0 Å². The molecule has 0 fully saturated rings. The van der Waals surface area contributed by atoms with Crippen LogP contribution in [0.2, 0.25) is 0 Å². The highest BCUT2D eigenvalue weighted by Gasteiger charge is 2.07. The number of hydrogen-bond acceptors (Lipinski definition) is 4. The zero-order valence-corrected chi connectivity index (χ0v) is 16.0. The molecule has 0 saturated heterocycles. The van der Waals surface area contributed by atoms with Crippen molar-refractivity contribution < 1.29 is 14.3 Å². The molecule has 3 N–H and O–H groups in total. The summed E-state index contributed by atoms with van der Waals surface area (Å²) in [4.78, 5) is 24.2. The molecular formula is C21H27N3O3. The number of carbonyl (C=O) groups excluding carboxylic acids is 2. The molecule has 0 saturated carbocycles. The number of anilines is 2. The van der Waals surface area contributed by atoms with Gasteiger partial charge in [0, 0.05) is 23.5 Å². The Bertz CT molecular complexity index is 758. The molecule has 0 aromatic heterocycles. The second-order valence-corrected chi connectivity index (χ2v) is 6.43. The van der Waals surface area contributed by atoms with E-state index in [1.165, 1.54) is 0 Å². The standard InChI is InChI=1S/C21H27N3O3/c1-4-12-22-21(26)16-6-5-7-18(13-16)24-20(25)14-23-17-8-10-19(11-9-17)27-15(2)3/h5-11,13,15,23H,4,12,14H2,1-3H3,(H,22,26)(H,24,25). The molecule has 0 spiro atoms. The van der Waals surface area contributed by atoms with Gasteiger partial charge in [0.15, 0.2) is 0 Å². The van der Waals surface area contributed by atoms with E-state index in [9.17, 15) is 9.59 Å². The third-order valence-corrected chi connectivity index (χ3v) is 3.62. The maximum absolute atomic E-state index is 12.2. The third kappa shape index (κ3) is 7.01. The van der Waals surface area contributed by atoms with Crippen LogP contribution in [0.5, 0.6) is 5.75 Å². The Kier molecular flexibility index (Phi) is 7.67. The van der Waals surface area contributed by atoms with Crippen molar-refractivity contribution in [3.05, 3.63) is 54.1 Å². The molecule has 144 valence electrons. The minimum Gasteiger partial charge on any atom is -0.491 e. The maximum atomic E-state index is 12.2. The molecule has 0 unspecified atom stereocenters. The van der Waals surface area contributed by atoms with Crippen LogP contribution in [0, 0.1) is 0 Å². The molecule has 2 rings (SSSR count). The Balaban J connectivity index is 1.86. The van der Waals surface area contributed by atoms with E-state index in [-0.39, 0.29) is 24.5 Å². The zero-order chi connectivity index (χ0) is 19.6. The molecule has 2 aromatic rings. The van der Waals surface area contributed by atoms with E-state index in [0.717, 1.165) is 17.9 Å². The second kappa shape index (κ2) is 10.2. The molecule has 0 aliphatic heterocycles. The summed E-state index contributed by atoms with van der Waals surface area (Å²) in [5.41, 5.74) is 1.94. The largest absolute Gasteiger partial charge is 0.491 e. The van der Waals surface area contributed by atoms with Crippen molar-refractivity contribution in [3.63, 3.8) is 0 Å². The number of nitrogens with one attached hydrogen (secondary N) is 3. The van der Waals surface area contributed by atoms with Crippen LogP contribution in [0.1, 0.15) is 37.6 Å². The molecule has 0 aliphatic rings. The van der Waals surface area contributed by atoms with E-state index in [2.05, 4.69) is 16.0 Å². The predicted octanol–water partition coefficient (Wildman–Crippen LogP) is 3.66. The molecule has 2 aromatic carbocycles. The van der Waals surface area contributed by atoms with Crippen LogP contribution >= 0.6 is 0 Å². The van der Waals surface area contributed by atoms with Gasteiger partial charge in [0.1, 0.15) is 5.75 Å². The number of ether oxygens (including phenoxy) is 1. The van der Waals surface area contributed by atoms with Gasteiger partial charge in [0.05, 0.1) is 12.6 Å². The minimum atomic E-state index is -0.191. The van der Waals surface area contributed by atoms with Crippen LogP contribution < -0.4 is 20.7 Å². The summed E-state index contributed by atoms with van der Waals surface area (Å²) in [5, 5.41) is 8.68. The zero-order valence-electron chi connectivity index (χ0n) is 16.0. The fraction of sp³-hybridized carbons (Fsp3) is 0.333. The monoisotopic (exact) mass is 369 g/mol. The van der Waals surface area contributed by atoms with E-state index in [1.54, 1.807) is 24.3 Å². The van der Waals surface area contributed by atoms with Gasteiger partial charge < -0.3 is 20.7 Å². The summed E-state index contributed by atoms with van der Waals surface area (Å²) in [6.07, 6.45) is 0.993. The quantitative estimate of drug-likeness (QED) is 0.630. The van der Waals surface area contributed by atoms with Crippen LogP contribution in [-0.4, -0.2) is 31.0 Å². The summed E-state index contributed by atoms with van der Waals surface area (Å²) >= 11 is 0. The van der Waals surface area contributed by atoms with Gasteiger partial charge in [0.2, 0.25) is 5.91 Å². The van der Waals surface area contributed by atoms with Gasteiger partial charge in [-0.05, 0) is 62.7 Å². The SMILES string of the molecule is CCCNC(=O)c1cccc(NC(=O)CNc2ccc(OC(C)C)cc2)c1. The molecule has 6 heteroatoms. The number of hydrogen-bond donors (Lipinski definition) is 3. The van der Waals surface area contributed by atoms with Crippen LogP contribution in [0.4, 0.5) is 11.4 Å². The van der Waals surface area contributed by atoms with Crippen molar-refractivity contribution in [2.24, 2.45) is 0 Å². The molecule has 0 radical (unpaired) electrons. The van der Waals surface area contributed by atoms with Gasteiger partial charge in [-0.2, -0.15) is 0 Å². The Morgan fingerprint density at radius 3 is 2.44 bits per heavy atom. The first-order valence-electron chi connectivity index (χ1n) is 9.16. The lowest BCUT2D eigenvalue weighted by Gasteiger charge is -2.11. The summed E-state index contributed by atoms with van der Waals surface area (Å²) < 4.78 is 5.59. The minimum absolute atomic E-state index is 0.120. The van der Waals surface area contributed by atoms with Crippen molar-refractivity contribution >= 4 is 23.2 Å². The number of benzene rings is 2. The molecule has 0 aliphatic carbocycles. The van der Waals surface area contributed by atoms with Crippen LogP contribution in [-0.2, 0) is 4.79 Å². The summed E-state index contributed by atoms with van der Waals surface area (Å²) in [6.45, 7) is 6.68.